The van der Waals surface area contributed by atoms with Gasteiger partial charge in [0.25, 0.3) is 0 Å². The molecule has 1 saturated heterocycles. The van der Waals surface area contributed by atoms with Gasteiger partial charge in [0.15, 0.2) is 0 Å². The molecule has 5 fully saturated rings. The number of hydrogen-bond donors (Lipinski definition) is 3. The van der Waals surface area contributed by atoms with E-state index in [0.717, 1.165) is 32.1 Å². The Kier molecular flexibility index (Phi) is 6.42. The topological polar surface area (TPSA) is 87.0 Å². The number of aliphatic hydroxyl groups is 3. The van der Waals surface area contributed by atoms with Crippen LogP contribution in [-0.4, -0.2) is 45.7 Å². The first-order chi connectivity index (χ1) is 16.0. The number of ether oxygens (including phenoxy) is 1. The van der Waals surface area contributed by atoms with Crippen molar-refractivity contribution in [2.24, 2.45) is 58.2 Å². The lowest BCUT2D eigenvalue weighted by Crippen LogP contribution is -2.58. The maximum atomic E-state index is 12.1. The van der Waals surface area contributed by atoms with Crippen molar-refractivity contribution in [3.05, 3.63) is 0 Å². The summed E-state index contributed by atoms with van der Waals surface area (Å²) in [5.74, 6) is 2.72. The van der Waals surface area contributed by atoms with Crippen molar-refractivity contribution in [3.8, 4) is 0 Å². The molecule has 0 aromatic rings. The van der Waals surface area contributed by atoms with E-state index in [9.17, 15) is 20.1 Å². The molecule has 1 heterocycles. The maximum Gasteiger partial charge on any atom is 0.306 e. The number of carbonyl (C=O) groups is 1. The summed E-state index contributed by atoms with van der Waals surface area (Å²) in [6, 6.07) is 0. The lowest BCUT2D eigenvalue weighted by Gasteiger charge is -2.62. The highest BCUT2D eigenvalue weighted by atomic mass is 16.6. The van der Waals surface area contributed by atoms with E-state index < -0.39 is 6.10 Å². The van der Waals surface area contributed by atoms with Gasteiger partial charge in [0.1, 0.15) is 6.10 Å². The van der Waals surface area contributed by atoms with Crippen LogP contribution in [0.3, 0.4) is 0 Å². The van der Waals surface area contributed by atoms with E-state index in [4.69, 9.17) is 4.74 Å². The van der Waals surface area contributed by atoms with Gasteiger partial charge in [0.05, 0.1) is 24.7 Å². The molecule has 13 atom stereocenters. The molecule has 4 saturated carbocycles. The van der Waals surface area contributed by atoms with E-state index in [1.807, 2.05) is 0 Å². The zero-order valence-electron chi connectivity index (χ0n) is 22.0. The van der Waals surface area contributed by atoms with Gasteiger partial charge in [-0.3, -0.25) is 4.79 Å². The zero-order valence-corrected chi connectivity index (χ0v) is 22.0. The number of carbonyl (C=O) groups excluding carboxylic acids is 1. The summed E-state index contributed by atoms with van der Waals surface area (Å²) in [6.07, 6.45) is 7.05. The largest absolute Gasteiger partial charge is 0.459 e. The smallest absolute Gasteiger partial charge is 0.306 e. The van der Waals surface area contributed by atoms with E-state index in [-0.39, 0.29) is 52.9 Å². The number of aliphatic hydroxyl groups excluding tert-OH is 3. The van der Waals surface area contributed by atoms with E-state index >= 15 is 0 Å². The fraction of sp³-hybridized carbons (Fsp3) is 0.966. The quantitative estimate of drug-likeness (QED) is 0.518. The molecule has 3 N–H and O–H groups in total. The highest BCUT2D eigenvalue weighted by Crippen LogP contribution is 2.68. The predicted octanol–water partition coefficient (Wildman–Crippen LogP) is 4.56. The Morgan fingerprint density at radius 3 is 2.29 bits per heavy atom. The zero-order chi connectivity index (χ0) is 24.6. The molecule has 1 aliphatic heterocycles. The van der Waals surface area contributed by atoms with Gasteiger partial charge in [0, 0.05) is 5.92 Å². The SMILES string of the molecule is CC(C)[C@@H]1CC(=O)O[C@H]1[C@H](O)[C@@H](C)[C@H]1CC[C@H]2[C@@H]3C[C@H](O)[C@@H]4C[C@H](O)CC[C@]4(C)[C@H]3CC[C@]12C. The Balaban J connectivity index is 1.36. The summed E-state index contributed by atoms with van der Waals surface area (Å²) in [7, 11) is 0. The Hall–Kier alpha value is -0.650. The van der Waals surface area contributed by atoms with Gasteiger partial charge in [-0.15, -0.1) is 0 Å². The van der Waals surface area contributed by atoms with Crippen LogP contribution in [0.5, 0.6) is 0 Å². The van der Waals surface area contributed by atoms with E-state index in [2.05, 4.69) is 34.6 Å². The van der Waals surface area contributed by atoms with Gasteiger partial charge in [-0.05, 0) is 104 Å². The molecule has 5 heteroatoms. The Morgan fingerprint density at radius 1 is 0.912 bits per heavy atom. The lowest BCUT2D eigenvalue weighted by molar-refractivity contribution is -0.175. The fourth-order valence-corrected chi connectivity index (χ4v) is 10.3. The first-order valence-corrected chi connectivity index (χ1v) is 14.2. The van der Waals surface area contributed by atoms with Crippen LogP contribution >= 0.6 is 0 Å². The van der Waals surface area contributed by atoms with Gasteiger partial charge < -0.3 is 20.1 Å². The molecule has 5 nitrogen and oxygen atoms in total. The summed E-state index contributed by atoms with van der Waals surface area (Å²) >= 11 is 0. The molecule has 0 spiro atoms. The van der Waals surface area contributed by atoms with Crippen molar-refractivity contribution >= 4 is 5.97 Å². The second kappa shape index (κ2) is 8.73. The minimum absolute atomic E-state index is 0.0883. The Morgan fingerprint density at radius 2 is 1.59 bits per heavy atom. The number of hydrogen-bond acceptors (Lipinski definition) is 5. The molecular weight excluding hydrogens is 428 g/mol. The third-order valence-electron chi connectivity index (χ3n) is 12.2. The second-order valence-corrected chi connectivity index (χ2v) is 13.9. The first kappa shape index (κ1) is 25.0. The van der Waals surface area contributed by atoms with Crippen molar-refractivity contribution in [3.63, 3.8) is 0 Å². The molecule has 34 heavy (non-hydrogen) atoms. The van der Waals surface area contributed by atoms with E-state index in [1.165, 1.54) is 19.3 Å². The van der Waals surface area contributed by atoms with Crippen molar-refractivity contribution < 1.29 is 24.9 Å². The Bertz CT molecular complexity index is 782. The molecule has 194 valence electrons. The highest BCUT2D eigenvalue weighted by Gasteiger charge is 2.63. The molecule has 0 radical (unpaired) electrons. The monoisotopic (exact) mass is 476 g/mol. The minimum Gasteiger partial charge on any atom is -0.459 e. The third-order valence-corrected chi connectivity index (χ3v) is 12.2. The van der Waals surface area contributed by atoms with Gasteiger partial charge >= 0.3 is 5.97 Å². The van der Waals surface area contributed by atoms with Crippen LogP contribution in [-0.2, 0) is 9.53 Å². The summed E-state index contributed by atoms with van der Waals surface area (Å²) in [5.41, 5.74) is 0.295. The fourth-order valence-electron chi connectivity index (χ4n) is 10.3. The first-order valence-electron chi connectivity index (χ1n) is 14.2. The van der Waals surface area contributed by atoms with Crippen LogP contribution in [0.1, 0.15) is 92.4 Å². The van der Waals surface area contributed by atoms with Crippen LogP contribution in [0.4, 0.5) is 0 Å². The molecule has 0 amide bonds. The van der Waals surface area contributed by atoms with Crippen molar-refractivity contribution in [1.29, 1.82) is 0 Å². The van der Waals surface area contributed by atoms with Gasteiger partial charge in [-0.2, -0.15) is 0 Å². The van der Waals surface area contributed by atoms with Crippen LogP contribution in [0.25, 0.3) is 0 Å². The van der Waals surface area contributed by atoms with Crippen LogP contribution < -0.4 is 0 Å². The molecule has 0 unspecified atom stereocenters. The Labute approximate surface area is 206 Å². The van der Waals surface area contributed by atoms with Gasteiger partial charge in [0.2, 0.25) is 0 Å². The van der Waals surface area contributed by atoms with Crippen LogP contribution in [0, 0.1) is 58.2 Å². The summed E-state index contributed by atoms with van der Waals surface area (Å²) < 4.78 is 5.69. The summed E-state index contributed by atoms with van der Waals surface area (Å²) in [5, 5.41) is 33.0. The number of esters is 1. The molecule has 0 aromatic heterocycles. The van der Waals surface area contributed by atoms with Crippen molar-refractivity contribution in [1.82, 2.24) is 0 Å². The summed E-state index contributed by atoms with van der Waals surface area (Å²) in [6.45, 7) is 11.3. The minimum atomic E-state index is -0.615. The molecule has 5 aliphatic rings. The predicted molar refractivity (Wildman–Crippen MR) is 131 cm³/mol. The van der Waals surface area contributed by atoms with Gasteiger partial charge in [-0.25, -0.2) is 0 Å². The second-order valence-electron chi connectivity index (χ2n) is 13.9. The normalized spacial score (nSPS) is 52.5. The average Bonchev–Trinajstić information content (AvgIpc) is 3.34. The lowest BCUT2D eigenvalue weighted by atomic mass is 9.43. The molecule has 4 aliphatic carbocycles. The van der Waals surface area contributed by atoms with Crippen molar-refractivity contribution in [2.75, 3.05) is 0 Å². The van der Waals surface area contributed by atoms with E-state index in [0.29, 0.717) is 36.0 Å². The van der Waals surface area contributed by atoms with E-state index in [1.54, 1.807) is 0 Å². The standard InChI is InChI=1S/C29H48O5/c1-15(2)18-14-25(32)34-27(18)26(33)16(3)20-6-7-21-19-13-24(31)23-12-17(30)8-10-29(23,5)22(19)9-11-28(20,21)4/h15-24,26-27,30-31,33H,6-14H2,1-5H3/t16-,17+,18-,19-,20+,21-,22-,23-,24-,26+,27+,28+,29+/m0/s1. The molecular formula is C29H48O5. The summed E-state index contributed by atoms with van der Waals surface area (Å²) in [4.78, 5) is 12.1. The van der Waals surface area contributed by atoms with Gasteiger partial charge in [-0.1, -0.05) is 34.6 Å². The van der Waals surface area contributed by atoms with Crippen molar-refractivity contribution in [2.45, 2.75) is 117 Å². The van der Waals surface area contributed by atoms with Crippen LogP contribution in [0.15, 0.2) is 0 Å². The number of fused-ring (bicyclic) bond motifs is 5. The van der Waals surface area contributed by atoms with Crippen LogP contribution in [0.2, 0.25) is 0 Å². The number of rotatable bonds is 4. The molecule has 5 rings (SSSR count). The number of cyclic esters (lactones) is 1. The maximum absolute atomic E-state index is 12.1. The molecule has 0 bridgehead atoms. The average molecular weight is 477 g/mol. The molecule has 0 aromatic carbocycles. The highest BCUT2D eigenvalue weighted by molar-refractivity contribution is 5.72. The third kappa shape index (κ3) is 3.70.